The van der Waals surface area contributed by atoms with Gasteiger partial charge in [-0.05, 0) is 42.8 Å². The van der Waals surface area contributed by atoms with Crippen LogP contribution in [0.4, 0.5) is 11.4 Å². The van der Waals surface area contributed by atoms with E-state index in [4.69, 9.17) is 9.15 Å². The molecule has 8 heteroatoms. The number of furan rings is 1. The number of ether oxygens (including phenoxy) is 1. The van der Waals surface area contributed by atoms with Gasteiger partial charge in [-0.3, -0.25) is 14.4 Å². The molecule has 0 bridgehead atoms. The van der Waals surface area contributed by atoms with E-state index in [2.05, 4.69) is 5.32 Å². The third-order valence-corrected chi connectivity index (χ3v) is 4.87. The Morgan fingerprint density at radius 2 is 1.97 bits per heavy atom. The molecule has 0 atom stereocenters. The van der Waals surface area contributed by atoms with Crippen LogP contribution in [0.5, 0.6) is 5.75 Å². The number of hydrogen-bond acceptors (Lipinski definition) is 6. The molecule has 1 aliphatic heterocycles. The number of benzene rings is 2. The molecular formula is C22H20N2O6. The molecule has 0 unspecified atom stereocenters. The van der Waals surface area contributed by atoms with Crippen LogP contribution >= 0.6 is 0 Å². The number of nitrogens with zero attached hydrogens (tertiary/aromatic N) is 1. The number of phenols is 1. The maximum atomic E-state index is 12.1. The predicted octanol–water partition coefficient (Wildman–Crippen LogP) is 2.99. The van der Waals surface area contributed by atoms with Crippen LogP contribution in [0.3, 0.4) is 0 Å². The molecule has 8 nitrogen and oxygen atoms in total. The molecule has 4 rings (SSSR count). The summed E-state index contributed by atoms with van der Waals surface area (Å²) in [5, 5.41) is 12.8. The van der Waals surface area contributed by atoms with Crippen LogP contribution in [0.25, 0.3) is 11.0 Å². The van der Waals surface area contributed by atoms with Crippen molar-refractivity contribution in [3.8, 4) is 5.75 Å². The van der Waals surface area contributed by atoms with E-state index in [1.807, 2.05) is 0 Å². The van der Waals surface area contributed by atoms with E-state index in [0.717, 1.165) is 12.1 Å². The monoisotopic (exact) mass is 408 g/mol. The fourth-order valence-electron chi connectivity index (χ4n) is 3.40. The van der Waals surface area contributed by atoms with E-state index in [0.29, 0.717) is 35.2 Å². The summed E-state index contributed by atoms with van der Waals surface area (Å²) in [5.41, 5.74) is 2.42. The number of rotatable bonds is 6. The highest BCUT2D eigenvalue weighted by atomic mass is 16.5. The Hall–Kier alpha value is -3.81. The molecule has 1 aromatic heterocycles. The number of esters is 1. The normalized spacial score (nSPS) is 13.6. The van der Waals surface area contributed by atoms with Gasteiger partial charge in [0.25, 0.3) is 5.91 Å². The number of carbonyl (C=O) groups excluding carboxylic acids is 3. The van der Waals surface area contributed by atoms with Crippen molar-refractivity contribution in [2.45, 2.75) is 19.3 Å². The Morgan fingerprint density at radius 3 is 2.70 bits per heavy atom. The molecule has 1 saturated heterocycles. The standard InChI is InChI=1S/C22H20N2O6/c25-17-7-8-18-14(12-29-19(18)11-17)10-22(28)30-13-20(26)23-15-3-5-16(6-4-15)24-9-1-2-21(24)27/h3-8,11-12,25H,1-2,9-10,13H2,(H,23,26). The fraction of sp³-hybridized carbons (Fsp3) is 0.227. The van der Waals surface area contributed by atoms with E-state index in [9.17, 15) is 19.5 Å². The minimum absolute atomic E-state index is 0.0520. The van der Waals surface area contributed by atoms with Gasteiger partial charge >= 0.3 is 5.97 Å². The van der Waals surface area contributed by atoms with Crippen molar-refractivity contribution in [1.29, 1.82) is 0 Å². The summed E-state index contributed by atoms with van der Waals surface area (Å²) in [6.07, 6.45) is 2.78. The first kappa shape index (κ1) is 19.5. The summed E-state index contributed by atoms with van der Waals surface area (Å²) in [4.78, 5) is 37.6. The van der Waals surface area contributed by atoms with Crippen LogP contribution in [0.1, 0.15) is 18.4 Å². The number of nitrogens with one attached hydrogen (secondary N) is 1. The molecule has 154 valence electrons. The maximum absolute atomic E-state index is 12.1. The molecule has 2 heterocycles. The Bertz CT molecular complexity index is 1100. The van der Waals surface area contributed by atoms with E-state index in [1.165, 1.54) is 18.4 Å². The number of hydrogen-bond donors (Lipinski definition) is 2. The van der Waals surface area contributed by atoms with Gasteiger partial charge in [-0.1, -0.05) is 0 Å². The average molecular weight is 408 g/mol. The van der Waals surface area contributed by atoms with Gasteiger partial charge in [0, 0.05) is 41.4 Å². The number of fused-ring (bicyclic) bond motifs is 1. The smallest absolute Gasteiger partial charge is 0.310 e. The lowest BCUT2D eigenvalue weighted by Crippen LogP contribution is -2.24. The first-order chi connectivity index (χ1) is 14.5. The van der Waals surface area contributed by atoms with Crippen LogP contribution < -0.4 is 10.2 Å². The van der Waals surface area contributed by atoms with Crippen molar-refractivity contribution >= 4 is 40.1 Å². The first-order valence-electron chi connectivity index (χ1n) is 9.54. The lowest BCUT2D eigenvalue weighted by atomic mass is 10.1. The van der Waals surface area contributed by atoms with Gasteiger partial charge in [-0.25, -0.2) is 0 Å². The van der Waals surface area contributed by atoms with Crippen molar-refractivity contribution in [3.63, 3.8) is 0 Å². The van der Waals surface area contributed by atoms with Crippen molar-refractivity contribution < 1.29 is 28.6 Å². The molecule has 2 N–H and O–H groups in total. The van der Waals surface area contributed by atoms with Crippen molar-refractivity contribution in [1.82, 2.24) is 0 Å². The van der Waals surface area contributed by atoms with Gasteiger partial charge in [0.05, 0.1) is 12.7 Å². The first-order valence-corrected chi connectivity index (χ1v) is 9.54. The van der Waals surface area contributed by atoms with Crippen LogP contribution in [-0.2, 0) is 25.5 Å². The summed E-state index contributed by atoms with van der Waals surface area (Å²) in [5.74, 6) is -0.859. The molecular weight excluding hydrogens is 388 g/mol. The van der Waals surface area contributed by atoms with Gasteiger partial charge < -0.3 is 24.5 Å². The minimum atomic E-state index is -0.566. The topological polar surface area (TPSA) is 109 Å². The van der Waals surface area contributed by atoms with E-state index in [-0.39, 0.29) is 18.1 Å². The molecule has 0 radical (unpaired) electrons. The number of anilines is 2. The zero-order chi connectivity index (χ0) is 21.1. The lowest BCUT2D eigenvalue weighted by Gasteiger charge is -2.16. The van der Waals surface area contributed by atoms with Gasteiger partial charge in [-0.15, -0.1) is 0 Å². The Labute approximate surface area is 172 Å². The average Bonchev–Trinajstić information content (AvgIpc) is 3.33. The van der Waals surface area contributed by atoms with Crippen LogP contribution in [0.15, 0.2) is 53.1 Å². The molecule has 3 aromatic rings. The van der Waals surface area contributed by atoms with E-state index >= 15 is 0 Å². The summed E-state index contributed by atoms with van der Waals surface area (Å²) < 4.78 is 10.4. The Kier molecular flexibility index (Phi) is 5.38. The van der Waals surface area contributed by atoms with Crippen LogP contribution in [0, 0.1) is 0 Å². The fourth-order valence-corrected chi connectivity index (χ4v) is 3.40. The summed E-state index contributed by atoms with van der Waals surface area (Å²) in [6.45, 7) is 0.287. The Balaban J connectivity index is 1.28. The SMILES string of the molecule is O=C(COC(=O)Cc1coc2cc(O)ccc12)Nc1ccc(N2CCCC2=O)cc1. The number of phenolic OH excluding ortho intramolecular Hbond substituents is 1. The molecule has 30 heavy (non-hydrogen) atoms. The molecule has 0 saturated carbocycles. The minimum Gasteiger partial charge on any atom is -0.508 e. The summed E-state index contributed by atoms with van der Waals surface area (Å²) in [6, 6.07) is 11.6. The Morgan fingerprint density at radius 1 is 1.17 bits per heavy atom. The molecule has 2 amide bonds. The van der Waals surface area contributed by atoms with Gasteiger partial charge in [-0.2, -0.15) is 0 Å². The summed E-state index contributed by atoms with van der Waals surface area (Å²) in [7, 11) is 0. The molecule has 2 aromatic carbocycles. The molecule has 0 spiro atoms. The van der Waals surface area contributed by atoms with Crippen LogP contribution in [0.2, 0.25) is 0 Å². The highest BCUT2D eigenvalue weighted by Crippen LogP contribution is 2.26. The third-order valence-electron chi connectivity index (χ3n) is 4.87. The molecule has 0 aliphatic carbocycles. The number of carbonyl (C=O) groups is 3. The quantitative estimate of drug-likeness (QED) is 0.607. The highest BCUT2D eigenvalue weighted by Gasteiger charge is 2.21. The van der Waals surface area contributed by atoms with Gasteiger partial charge in [0.15, 0.2) is 6.61 Å². The second-order valence-corrected chi connectivity index (χ2v) is 7.02. The van der Waals surface area contributed by atoms with Crippen molar-refractivity contribution in [3.05, 3.63) is 54.3 Å². The van der Waals surface area contributed by atoms with Gasteiger partial charge in [0.2, 0.25) is 5.91 Å². The molecule has 1 fully saturated rings. The van der Waals surface area contributed by atoms with E-state index in [1.54, 1.807) is 35.2 Å². The maximum Gasteiger partial charge on any atom is 0.310 e. The zero-order valence-corrected chi connectivity index (χ0v) is 16.1. The number of aromatic hydroxyl groups is 1. The highest BCUT2D eigenvalue weighted by molar-refractivity contribution is 5.96. The number of amides is 2. The third kappa shape index (κ3) is 4.27. The van der Waals surface area contributed by atoms with Gasteiger partial charge in [0.1, 0.15) is 11.3 Å². The van der Waals surface area contributed by atoms with E-state index < -0.39 is 18.5 Å². The van der Waals surface area contributed by atoms with Crippen LogP contribution in [-0.4, -0.2) is 36.0 Å². The van der Waals surface area contributed by atoms with Crippen molar-refractivity contribution in [2.24, 2.45) is 0 Å². The lowest BCUT2D eigenvalue weighted by molar-refractivity contribution is -0.146. The second kappa shape index (κ2) is 8.28. The predicted molar refractivity (Wildman–Crippen MR) is 109 cm³/mol. The largest absolute Gasteiger partial charge is 0.508 e. The second-order valence-electron chi connectivity index (χ2n) is 7.02. The summed E-state index contributed by atoms with van der Waals surface area (Å²) >= 11 is 0. The zero-order valence-electron chi connectivity index (χ0n) is 16.1. The molecule has 1 aliphatic rings. The van der Waals surface area contributed by atoms with Crippen molar-refractivity contribution in [2.75, 3.05) is 23.4 Å².